The van der Waals surface area contributed by atoms with Gasteiger partial charge in [-0.05, 0) is 69.8 Å². The average Bonchev–Trinajstić information content (AvgIpc) is 2.53. The smallest absolute Gasteiger partial charge is 0.328 e. The molecule has 138 valence electrons. The van der Waals surface area contributed by atoms with Crippen LogP contribution in [0.25, 0.3) is 0 Å². The predicted molar refractivity (Wildman–Crippen MR) is 106 cm³/mol. The van der Waals surface area contributed by atoms with E-state index in [9.17, 15) is 24.6 Å². The van der Waals surface area contributed by atoms with Gasteiger partial charge in [0.2, 0.25) is 11.8 Å². The Labute approximate surface area is 173 Å². The number of aliphatic carboxylic acids is 1. The number of rotatable bonds is 7. The van der Waals surface area contributed by atoms with E-state index in [1.54, 1.807) is 12.1 Å². The molecule has 0 fully saturated rings. The number of carbonyl (C=O) groups is 3. The summed E-state index contributed by atoms with van der Waals surface area (Å²) >= 11 is 3.83. The number of phenols is 1. The third-order valence-corrected chi connectivity index (χ3v) is 4.84. The zero-order valence-electron chi connectivity index (χ0n) is 14.4. The van der Waals surface area contributed by atoms with Crippen molar-refractivity contribution in [2.45, 2.75) is 38.5 Å². The SMILES string of the molecule is [2H]N(C(C)=O)[C@@H](Cc1cc(I)c(O)c(I)c1)C(=O)N[C@H](C(=O)O)[C@@H](C)O. The van der Waals surface area contributed by atoms with E-state index in [2.05, 4.69) is 5.32 Å². The molecule has 0 unspecified atom stereocenters. The Bertz CT molecular complexity index is 692. The summed E-state index contributed by atoms with van der Waals surface area (Å²) < 4.78 is 8.91. The summed E-state index contributed by atoms with van der Waals surface area (Å²) in [4.78, 5) is 35.2. The maximum absolute atomic E-state index is 12.5. The molecule has 1 aromatic rings. The number of carboxylic acid groups (broad SMARTS) is 1. The number of hydrogen-bond acceptors (Lipinski definition) is 5. The predicted octanol–water partition coefficient (Wildman–Crippen LogP) is 0.599. The van der Waals surface area contributed by atoms with Gasteiger partial charge in [-0.15, -0.1) is 0 Å². The molecule has 0 radical (unpaired) electrons. The van der Waals surface area contributed by atoms with Gasteiger partial charge in [-0.25, -0.2) is 4.79 Å². The highest BCUT2D eigenvalue weighted by Gasteiger charge is 2.29. The lowest BCUT2D eigenvalue weighted by atomic mass is 10.0. The lowest BCUT2D eigenvalue weighted by Crippen LogP contribution is -2.55. The van der Waals surface area contributed by atoms with E-state index in [4.69, 9.17) is 6.52 Å². The lowest BCUT2D eigenvalue weighted by molar-refractivity contribution is -0.145. The number of nitrogens with one attached hydrogen (secondary N) is 2. The van der Waals surface area contributed by atoms with Gasteiger partial charge < -0.3 is 25.9 Å². The van der Waals surface area contributed by atoms with Crippen molar-refractivity contribution in [1.82, 2.24) is 10.6 Å². The van der Waals surface area contributed by atoms with Crippen molar-refractivity contribution in [3.8, 4) is 5.75 Å². The van der Waals surface area contributed by atoms with Crippen molar-refractivity contribution in [3.63, 3.8) is 0 Å². The Morgan fingerprint density at radius 3 is 2.20 bits per heavy atom. The van der Waals surface area contributed by atoms with Gasteiger partial charge in [-0.3, -0.25) is 9.59 Å². The summed E-state index contributed by atoms with van der Waals surface area (Å²) in [6.07, 6.45) is -1.42. The third kappa shape index (κ3) is 6.58. The van der Waals surface area contributed by atoms with Gasteiger partial charge in [0.15, 0.2) is 7.45 Å². The van der Waals surface area contributed by atoms with Crippen molar-refractivity contribution in [2.75, 3.05) is 0 Å². The molecule has 0 aliphatic heterocycles. The number of carbonyl (C=O) groups excluding carboxylic acids is 2. The first-order valence-corrected chi connectivity index (χ1v) is 9.28. The molecular weight excluding hydrogens is 558 g/mol. The van der Waals surface area contributed by atoms with E-state index >= 15 is 0 Å². The summed E-state index contributed by atoms with van der Waals surface area (Å²) in [6, 6.07) is 0.348. The van der Waals surface area contributed by atoms with E-state index < -0.39 is 36.0 Å². The molecule has 5 N–H and O–H groups in total. The molecule has 8 nitrogen and oxygen atoms in total. The summed E-state index contributed by atoms with van der Waals surface area (Å²) in [5, 5.41) is 31.0. The van der Waals surface area contributed by atoms with Crippen LogP contribution in [0.1, 0.15) is 19.4 Å². The zero-order chi connectivity index (χ0) is 20.2. The largest absolute Gasteiger partial charge is 0.506 e. The molecule has 0 heterocycles. The quantitative estimate of drug-likeness (QED) is 0.302. The maximum Gasteiger partial charge on any atom is 0.328 e. The molecule has 0 aliphatic carbocycles. The second kappa shape index (κ2) is 9.52. The Kier molecular flexibility index (Phi) is 7.68. The van der Waals surface area contributed by atoms with Crippen molar-refractivity contribution in [1.29, 1.82) is 0 Å². The molecule has 3 atom stereocenters. The molecule has 1 aromatic carbocycles. The molecule has 0 spiro atoms. The molecule has 2 amide bonds. The Morgan fingerprint density at radius 1 is 1.28 bits per heavy atom. The van der Waals surface area contributed by atoms with Gasteiger partial charge >= 0.3 is 5.97 Å². The van der Waals surface area contributed by atoms with Gasteiger partial charge in [0.1, 0.15) is 11.8 Å². The number of benzene rings is 1. The summed E-state index contributed by atoms with van der Waals surface area (Å²) in [6.45, 7) is 2.32. The second-order valence-corrected chi connectivity index (χ2v) is 7.67. The molecule has 0 bridgehead atoms. The van der Waals surface area contributed by atoms with Crippen LogP contribution >= 0.6 is 45.2 Å². The number of amides is 2. The van der Waals surface area contributed by atoms with E-state index in [-0.39, 0.29) is 12.2 Å². The number of aliphatic hydroxyl groups is 1. The number of aromatic hydroxyl groups is 1. The van der Waals surface area contributed by atoms with Crippen molar-refractivity contribution < 1.29 is 31.1 Å². The first kappa shape index (κ1) is 20.2. The summed E-state index contributed by atoms with van der Waals surface area (Å²) in [5.74, 6) is -2.91. The molecule has 0 aromatic heterocycles. The van der Waals surface area contributed by atoms with Crippen molar-refractivity contribution >= 4 is 63.0 Å². The Morgan fingerprint density at radius 2 is 1.80 bits per heavy atom. The fourth-order valence-electron chi connectivity index (χ4n) is 2.01. The minimum atomic E-state index is -1.56. The fourth-order valence-corrected chi connectivity index (χ4v) is 3.91. The molecule has 0 aliphatic rings. The van der Waals surface area contributed by atoms with E-state index in [1.165, 1.54) is 6.92 Å². The Hall–Kier alpha value is -1.15. The number of hydrogen-bond donors (Lipinski definition) is 5. The highest BCUT2D eigenvalue weighted by atomic mass is 127. The topological polar surface area (TPSA) is 136 Å². The van der Waals surface area contributed by atoms with Gasteiger partial charge in [0.05, 0.1) is 13.2 Å². The summed E-state index contributed by atoms with van der Waals surface area (Å²) in [5.41, 5.74) is 0.583. The third-order valence-electron chi connectivity index (χ3n) is 3.19. The first-order chi connectivity index (χ1) is 12.0. The lowest BCUT2D eigenvalue weighted by Gasteiger charge is -2.22. The summed E-state index contributed by atoms with van der Waals surface area (Å²) in [7, 11) is 0. The van der Waals surface area contributed by atoms with Gasteiger partial charge in [0, 0.05) is 13.3 Å². The van der Waals surface area contributed by atoms with E-state index in [1.807, 2.05) is 45.2 Å². The molecule has 0 saturated heterocycles. The van der Waals surface area contributed by atoms with Crippen LogP contribution in [0.2, 0.25) is 1.41 Å². The van der Waals surface area contributed by atoms with Gasteiger partial charge in [0.25, 0.3) is 0 Å². The number of phenolic OH excluding ortho intramolecular Hbond substituents is 1. The van der Waals surface area contributed by atoms with Gasteiger partial charge in [-0.1, -0.05) is 0 Å². The molecule has 1 rings (SSSR count). The van der Waals surface area contributed by atoms with Crippen LogP contribution in [0.15, 0.2) is 12.1 Å². The maximum atomic E-state index is 12.5. The monoisotopic (exact) mass is 577 g/mol. The van der Waals surface area contributed by atoms with Crippen LogP contribution < -0.4 is 10.6 Å². The van der Waals surface area contributed by atoms with Gasteiger partial charge in [-0.2, -0.15) is 0 Å². The first-order valence-electron chi connectivity index (χ1n) is 7.57. The second-order valence-electron chi connectivity index (χ2n) is 5.34. The highest BCUT2D eigenvalue weighted by molar-refractivity contribution is 14.1. The van der Waals surface area contributed by atoms with Crippen molar-refractivity contribution in [3.05, 3.63) is 24.8 Å². The van der Waals surface area contributed by atoms with Crippen LogP contribution in [0.4, 0.5) is 0 Å². The van der Waals surface area contributed by atoms with Crippen LogP contribution in [-0.2, 0) is 20.8 Å². The average molecular weight is 577 g/mol. The molecular formula is C15H18I2N2O6. The highest BCUT2D eigenvalue weighted by Crippen LogP contribution is 2.27. The van der Waals surface area contributed by atoms with E-state index in [0.717, 1.165) is 6.92 Å². The zero-order valence-corrected chi connectivity index (χ0v) is 17.7. The Balaban J connectivity index is 3.14. The minimum absolute atomic E-state index is 0.0622. The molecule has 10 heteroatoms. The standard InChI is InChI=1S/C15H18I2N2O6/c1-6(20)12(15(24)25)19-14(23)11(18-7(2)21)5-8-3-9(16)13(22)10(17)4-8/h3-4,6,11-12,20,22H,5H2,1-2H3,(H,18,21)(H,19,23)(H,24,25)/t6-,11+,12+/m1/s1/i/hD. The number of halogens is 2. The number of aliphatic hydroxyl groups excluding tert-OH is 1. The molecule has 0 saturated carbocycles. The van der Waals surface area contributed by atoms with E-state index in [0.29, 0.717) is 18.0 Å². The van der Waals surface area contributed by atoms with Crippen molar-refractivity contribution in [2.24, 2.45) is 0 Å². The fraction of sp³-hybridized carbons (Fsp3) is 0.400. The number of carboxylic acids is 1. The van der Waals surface area contributed by atoms with Crippen LogP contribution in [0, 0.1) is 7.14 Å². The molecule has 25 heavy (non-hydrogen) atoms. The van der Waals surface area contributed by atoms with Crippen LogP contribution in [0.5, 0.6) is 5.75 Å². The van der Waals surface area contributed by atoms with Crippen LogP contribution in [0.3, 0.4) is 0 Å². The normalized spacial score (nSPS) is 14.8. The van der Waals surface area contributed by atoms with Crippen LogP contribution in [-0.4, -0.2) is 51.3 Å². The minimum Gasteiger partial charge on any atom is -0.506 e.